The molecule has 1 aromatic rings. The van der Waals surface area contributed by atoms with Gasteiger partial charge < -0.3 is 10.0 Å². The molecule has 0 bridgehead atoms. The van der Waals surface area contributed by atoms with Gasteiger partial charge in [-0.1, -0.05) is 31.2 Å². The number of alkyl halides is 3. The molecular formula is C17H22F3NO2. The number of carbonyl (C=O) groups excluding carboxylic acids is 1. The van der Waals surface area contributed by atoms with Crippen LogP contribution in [0.5, 0.6) is 0 Å². The van der Waals surface area contributed by atoms with Crippen molar-refractivity contribution < 1.29 is 23.1 Å². The molecule has 1 atom stereocenters. The second-order valence-corrected chi connectivity index (χ2v) is 6.05. The van der Waals surface area contributed by atoms with E-state index in [0.717, 1.165) is 12.0 Å². The van der Waals surface area contributed by atoms with Gasteiger partial charge in [0.25, 0.3) is 0 Å². The summed E-state index contributed by atoms with van der Waals surface area (Å²) in [5.41, 5.74) is 2.10. The van der Waals surface area contributed by atoms with E-state index in [0.29, 0.717) is 0 Å². The lowest BCUT2D eigenvalue weighted by Gasteiger charge is -2.34. The predicted molar refractivity (Wildman–Crippen MR) is 80.9 cm³/mol. The van der Waals surface area contributed by atoms with Crippen molar-refractivity contribution in [3.63, 3.8) is 0 Å². The number of aryl methyl sites for hydroxylation is 1. The number of nitrogens with zero attached hydrogens (tertiary/aromatic N) is 1. The molecule has 0 spiro atoms. The summed E-state index contributed by atoms with van der Waals surface area (Å²) in [5, 5.41) is 9.29. The SMILES string of the molecule is CCc1ccc(CC(=O)N2CCC(C(O)C(F)(F)F)CC2)cc1. The van der Waals surface area contributed by atoms with Crippen molar-refractivity contribution in [3.05, 3.63) is 35.4 Å². The van der Waals surface area contributed by atoms with Crippen LogP contribution in [0, 0.1) is 5.92 Å². The highest BCUT2D eigenvalue weighted by Crippen LogP contribution is 2.31. The van der Waals surface area contributed by atoms with Gasteiger partial charge in [-0.15, -0.1) is 0 Å². The van der Waals surface area contributed by atoms with Crippen molar-refractivity contribution in [2.45, 2.75) is 44.9 Å². The van der Waals surface area contributed by atoms with E-state index in [2.05, 4.69) is 6.92 Å². The average molecular weight is 329 g/mol. The van der Waals surface area contributed by atoms with Crippen molar-refractivity contribution in [1.29, 1.82) is 0 Å². The normalized spacial score (nSPS) is 18.0. The number of aliphatic hydroxyl groups excluding tert-OH is 1. The molecule has 1 aliphatic heterocycles. The fourth-order valence-electron chi connectivity index (χ4n) is 2.91. The van der Waals surface area contributed by atoms with Crippen molar-refractivity contribution in [2.24, 2.45) is 5.92 Å². The van der Waals surface area contributed by atoms with E-state index >= 15 is 0 Å². The van der Waals surface area contributed by atoms with Gasteiger partial charge in [-0.2, -0.15) is 13.2 Å². The Bertz CT molecular complexity index is 520. The van der Waals surface area contributed by atoms with Gasteiger partial charge in [0.15, 0.2) is 6.10 Å². The number of aliphatic hydroxyl groups is 1. The van der Waals surface area contributed by atoms with Crippen LogP contribution in [-0.2, 0) is 17.6 Å². The molecule has 1 saturated heterocycles. The van der Waals surface area contributed by atoms with Crippen LogP contribution < -0.4 is 0 Å². The van der Waals surface area contributed by atoms with Gasteiger partial charge in [0, 0.05) is 13.1 Å². The quantitative estimate of drug-likeness (QED) is 0.923. The highest BCUT2D eigenvalue weighted by Gasteiger charge is 2.44. The molecule has 0 aliphatic carbocycles. The summed E-state index contributed by atoms with van der Waals surface area (Å²) in [6.45, 7) is 2.59. The van der Waals surface area contributed by atoms with Gasteiger partial charge in [-0.05, 0) is 36.3 Å². The van der Waals surface area contributed by atoms with Crippen molar-refractivity contribution in [2.75, 3.05) is 13.1 Å². The Labute approximate surface area is 134 Å². The summed E-state index contributed by atoms with van der Waals surface area (Å²) >= 11 is 0. The first-order valence-electron chi connectivity index (χ1n) is 7.91. The third kappa shape index (κ3) is 4.70. The zero-order valence-electron chi connectivity index (χ0n) is 13.1. The molecule has 0 aromatic heterocycles. The first kappa shape index (κ1) is 17.8. The number of hydrogen-bond acceptors (Lipinski definition) is 2. The minimum atomic E-state index is -4.59. The van der Waals surface area contributed by atoms with Crippen LogP contribution in [0.25, 0.3) is 0 Å². The number of carbonyl (C=O) groups is 1. The molecule has 3 nitrogen and oxygen atoms in total. The zero-order valence-corrected chi connectivity index (χ0v) is 13.1. The Balaban J connectivity index is 1.85. The molecule has 1 aromatic carbocycles. The van der Waals surface area contributed by atoms with Crippen LogP contribution >= 0.6 is 0 Å². The van der Waals surface area contributed by atoms with E-state index in [1.807, 2.05) is 24.3 Å². The first-order chi connectivity index (χ1) is 10.8. The molecule has 0 saturated carbocycles. The number of amides is 1. The number of benzene rings is 1. The number of likely N-dealkylation sites (tertiary alicyclic amines) is 1. The monoisotopic (exact) mass is 329 g/mol. The Kier molecular flexibility index (Phi) is 5.68. The van der Waals surface area contributed by atoms with Gasteiger partial charge >= 0.3 is 6.18 Å². The van der Waals surface area contributed by atoms with Gasteiger partial charge in [-0.25, -0.2) is 0 Å². The van der Waals surface area contributed by atoms with Crippen molar-refractivity contribution in [3.8, 4) is 0 Å². The summed E-state index contributed by atoms with van der Waals surface area (Å²) in [6, 6.07) is 7.79. The summed E-state index contributed by atoms with van der Waals surface area (Å²) < 4.78 is 37.5. The van der Waals surface area contributed by atoms with Crippen LogP contribution in [-0.4, -0.2) is 41.3 Å². The lowest BCUT2D eigenvalue weighted by atomic mass is 9.90. The van der Waals surface area contributed by atoms with E-state index in [1.165, 1.54) is 5.56 Å². The van der Waals surface area contributed by atoms with E-state index < -0.39 is 18.2 Å². The lowest BCUT2D eigenvalue weighted by molar-refractivity contribution is -0.222. The average Bonchev–Trinajstić information content (AvgIpc) is 2.54. The smallest absolute Gasteiger partial charge is 0.383 e. The molecule has 1 amide bonds. The fraction of sp³-hybridized carbons (Fsp3) is 0.588. The van der Waals surface area contributed by atoms with Crippen LogP contribution in [0.2, 0.25) is 0 Å². The Morgan fingerprint density at radius 3 is 2.22 bits per heavy atom. The van der Waals surface area contributed by atoms with Crippen LogP contribution in [0.4, 0.5) is 13.2 Å². The lowest BCUT2D eigenvalue weighted by Crippen LogP contribution is -2.45. The Hall–Kier alpha value is -1.56. The van der Waals surface area contributed by atoms with Gasteiger partial charge in [-0.3, -0.25) is 4.79 Å². The van der Waals surface area contributed by atoms with E-state index in [9.17, 15) is 23.1 Å². The van der Waals surface area contributed by atoms with E-state index in [-0.39, 0.29) is 38.3 Å². The largest absolute Gasteiger partial charge is 0.414 e. The molecule has 1 aliphatic rings. The van der Waals surface area contributed by atoms with E-state index in [4.69, 9.17) is 0 Å². The number of piperidine rings is 1. The minimum Gasteiger partial charge on any atom is -0.383 e. The third-order valence-electron chi connectivity index (χ3n) is 4.46. The molecule has 23 heavy (non-hydrogen) atoms. The molecule has 6 heteroatoms. The van der Waals surface area contributed by atoms with Crippen LogP contribution in [0.15, 0.2) is 24.3 Å². The standard InChI is InChI=1S/C17H22F3NO2/c1-2-12-3-5-13(6-4-12)11-15(22)21-9-7-14(8-10-21)16(23)17(18,19)20/h3-6,14,16,23H,2,7-11H2,1H3. The molecule has 1 N–H and O–H groups in total. The second kappa shape index (κ2) is 7.34. The highest BCUT2D eigenvalue weighted by molar-refractivity contribution is 5.78. The Morgan fingerprint density at radius 2 is 1.74 bits per heavy atom. The first-order valence-corrected chi connectivity index (χ1v) is 7.91. The van der Waals surface area contributed by atoms with Crippen molar-refractivity contribution in [1.82, 2.24) is 4.90 Å². The number of hydrogen-bond donors (Lipinski definition) is 1. The highest BCUT2D eigenvalue weighted by atomic mass is 19.4. The predicted octanol–water partition coefficient (Wildman–Crippen LogP) is 2.95. The molecular weight excluding hydrogens is 307 g/mol. The molecule has 128 valence electrons. The van der Waals surface area contributed by atoms with Gasteiger partial charge in [0.05, 0.1) is 6.42 Å². The molecule has 1 heterocycles. The molecule has 1 unspecified atom stereocenters. The van der Waals surface area contributed by atoms with Crippen LogP contribution in [0.1, 0.15) is 30.9 Å². The third-order valence-corrected chi connectivity index (χ3v) is 4.46. The van der Waals surface area contributed by atoms with Crippen LogP contribution in [0.3, 0.4) is 0 Å². The van der Waals surface area contributed by atoms with Gasteiger partial charge in [0.2, 0.25) is 5.91 Å². The molecule has 0 radical (unpaired) electrons. The molecule has 2 rings (SSSR count). The zero-order chi connectivity index (χ0) is 17.0. The fourth-order valence-corrected chi connectivity index (χ4v) is 2.91. The van der Waals surface area contributed by atoms with Gasteiger partial charge in [0.1, 0.15) is 0 Å². The van der Waals surface area contributed by atoms with E-state index in [1.54, 1.807) is 4.90 Å². The summed E-state index contributed by atoms with van der Waals surface area (Å²) in [7, 11) is 0. The second-order valence-electron chi connectivity index (χ2n) is 6.05. The number of rotatable bonds is 4. The maximum absolute atomic E-state index is 12.5. The minimum absolute atomic E-state index is 0.0748. The number of halogens is 3. The molecule has 1 fully saturated rings. The maximum atomic E-state index is 12.5. The topological polar surface area (TPSA) is 40.5 Å². The Morgan fingerprint density at radius 1 is 1.22 bits per heavy atom. The maximum Gasteiger partial charge on any atom is 0.414 e. The summed E-state index contributed by atoms with van der Waals surface area (Å²) in [5.74, 6) is -0.892. The summed E-state index contributed by atoms with van der Waals surface area (Å²) in [4.78, 5) is 13.8. The summed E-state index contributed by atoms with van der Waals surface area (Å²) in [6.07, 6.45) is -5.32. The van der Waals surface area contributed by atoms with Crippen molar-refractivity contribution >= 4 is 5.91 Å².